The van der Waals surface area contributed by atoms with Crippen LogP contribution in [-0.4, -0.2) is 35.2 Å². The van der Waals surface area contributed by atoms with Crippen molar-refractivity contribution in [2.75, 3.05) is 5.32 Å². The molecule has 1 aliphatic heterocycles. The fourth-order valence-corrected chi connectivity index (χ4v) is 9.54. The van der Waals surface area contributed by atoms with E-state index >= 15 is 0 Å². The maximum absolute atomic E-state index is 13.9. The van der Waals surface area contributed by atoms with E-state index < -0.39 is 39.2 Å². The van der Waals surface area contributed by atoms with Gasteiger partial charge in [0.1, 0.15) is 21.9 Å². The van der Waals surface area contributed by atoms with Gasteiger partial charge in [-0.05, 0) is 62.5 Å². The second kappa shape index (κ2) is 10.8. The van der Waals surface area contributed by atoms with Crippen molar-refractivity contribution >= 4 is 33.2 Å². The molecular weight excluding hydrogens is 614 g/mol. The highest BCUT2D eigenvalue weighted by molar-refractivity contribution is 7.89. The van der Waals surface area contributed by atoms with Crippen molar-refractivity contribution in [2.45, 2.75) is 61.6 Å². The number of benzene rings is 2. The summed E-state index contributed by atoms with van der Waals surface area (Å²) in [5.74, 6) is -2.68. The number of hydrogen-bond donors (Lipinski definition) is 3. The second-order valence-electron chi connectivity index (χ2n) is 11.9. The molecule has 9 nitrogen and oxygen atoms in total. The lowest BCUT2D eigenvalue weighted by molar-refractivity contribution is -0.0398. The molecule has 2 aromatic heterocycles. The van der Waals surface area contributed by atoms with E-state index in [-0.39, 0.29) is 33.1 Å². The maximum Gasteiger partial charge on any atom is 0.273 e. The highest BCUT2D eigenvalue weighted by atomic mass is 35.5. The number of hydrogen-bond acceptors (Lipinski definition) is 6. The van der Waals surface area contributed by atoms with Gasteiger partial charge in [-0.3, -0.25) is 4.79 Å². The van der Waals surface area contributed by atoms with Crippen LogP contribution in [0.5, 0.6) is 0 Å². The predicted octanol–water partition coefficient (Wildman–Crippen LogP) is 5.63. The summed E-state index contributed by atoms with van der Waals surface area (Å²) < 4.78 is 65.0. The molecule has 2 aliphatic carbocycles. The largest absolute Gasteiger partial charge is 0.383 e. The van der Waals surface area contributed by atoms with Crippen molar-refractivity contribution in [2.24, 2.45) is 11.8 Å². The van der Waals surface area contributed by atoms with Crippen LogP contribution in [0.3, 0.4) is 0 Å². The van der Waals surface area contributed by atoms with Crippen LogP contribution in [0.15, 0.2) is 64.0 Å². The number of aromatic nitrogens is 2. The summed E-state index contributed by atoms with van der Waals surface area (Å²) in [5.41, 5.74) is 0.396. The molecule has 3 N–H and O–H groups in total. The van der Waals surface area contributed by atoms with Gasteiger partial charge in [-0.15, -0.1) is 0 Å². The van der Waals surface area contributed by atoms with Crippen molar-refractivity contribution < 1.29 is 31.6 Å². The zero-order chi connectivity index (χ0) is 30.8. The highest BCUT2D eigenvalue weighted by Crippen LogP contribution is 2.51. The summed E-state index contributed by atoms with van der Waals surface area (Å²) in [6, 6.07) is 13.7. The molecule has 2 saturated carbocycles. The van der Waals surface area contributed by atoms with E-state index in [9.17, 15) is 27.1 Å². The van der Waals surface area contributed by atoms with Crippen LogP contribution in [0.25, 0.3) is 11.3 Å². The molecule has 3 heterocycles. The number of nitrogens with zero attached hydrogens (tertiary/aromatic N) is 2. The maximum atomic E-state index is 13.9. The van der Waals surface area contributed by atoms with Crippen LogP contribution in [0.4, 0.5) is 14.5 Å². The Morgan fingerprint density at radius 3 is 2.50 bits per heavy atom. The first-order chi connectivity index (χ1) is 21.0. The van der Waals surface area contributed by atoms with Gasteiger partial charge in [0.15, 0.2) is 17.4 Å². The van der Waals surface area contributed by atoms with Crippen LogP contribution in [0, 0.1) is 23.5 Å². The number of anilines is 1. The van der Waals surface area contributed by atoms with Gasteiger partial charge in [-0.2, -0.15) is 0 Å². The Kier molecular flexibility index (Phi) is 7.15. The number of nitrogens with one attached hydrogen (secondary N) is 2. The van der Waals surface area contributed by atoms with Crippen LogP contribution < -0.4 is 10.0 Å². The molecule has 230 valence electrons. The minimum atomic E-state index is -4.18. The number of amides is 1. The van der Waals surface area contributed by atoms with Crippen molar-refractivity contribution in [1.82, 2.24) is 14.4 Å². The van der Waals surface area contributed by atoms with Crippen molar-refractivity contribution in [3.8, 4) is 11.3 Å². The van der Waals surface area contributed by atoms with E-state index in [1.807, 2.05) is 30.3 Å². The van der Waals surface area contributed by atoms with E-state index in [0.717, 1.165) is 30.5 Å². The van der Waals surface area contributed by atoms with Gasteiger partial charge in [0.2, 0.25) is 10.0 Å². The van der Waals surface area contributed by atoms with Gasteiger partial charge < -0.3 is 19.5 Å². The molecule has 1 amide bonds. The number of aliphatic hydroxyl groups is 1. The Balaban J connectivity index is 1.13. The summed E-state index contributed by atoms with van der Waals surface area (Å²) >= 11 is 6.64. The quantitative estimate of drug-likeness (QED) is 0.240. The third-order valence-electron chi connectivity index (χ3n) is 9.18. The van der Waals surface area contributed by atoms with Gasteiger partial charge in [-0.1, -0.05) is 47.1 Å². The summed E-state index contributed by atoms with van der Waals surface area (Å²) in [6.07, 6.45) is 3.09. The van der Waals surface area contributed by atoms with Crippen LogP contribution >= 0.6 is 11.6 Å². The molecule has 2 atom stereocenters. The number of carbonyl (C=O) groups is 1. The predicted molar refractivity (Wildman–Crippen MR) is 157 cm³/mol. The summed E-state index contributed by atoms with van der Waals surface area (Å²) in [5, 5.41) is 18.1. The standard InChI is InChI=1S/C31H29ClF2N4O5S/c32-26-28(30(39)35-20-10-11-21(33)22(34)13-20)38-12-4-7-23(38)29(26)44(41,42)37-27-18-8-9-19(27)16-31(40,15-18)25-14-24(43-36-25)17-5-2-1-3-6-17/h1-3,5-6,10-11,13-14,18-19,27,37,40H,4,7-9,12,15-16H2,(H,35,39). The average molecular weight is 643 g/mol. The van der Waals surface area contributed by atoms with Crippen molar-refractivity contribution in [1.29, 1.82) is 0 Å². The van der Waals surface area contributed by atoms with Crippen LogP contribution in [-0.2, 0) is 28.6 Å². The Morgan fingerprint density at radius 1 is 1.07 bits per heavy atom. The molecule has 0 saturated heterocycles. The smallest absolute Gasteiger partial charge is 0.273 e. The number of fused-ring (bicyclic) bond motifs is 3. The molecule has 2 unspecified atom stereocenters. The van der Waals surface area contributed by atoms with Gasteiger partial charge >= 0.3 is 0 Å². The number of sulfonamides is 1. The Morgan fingerprint density at radius 2 is 1.80 bits per heavy atom. The minimum Gasteiger partial charge on any atom is -0.383 e. The fourth-order valence-electron chi connectivity index (χ4n) is 7.22. The molecule has 4 aromatic rings. The lowest BCUT2D eigenvalue weighted by atomic mass is 9.73. The topological polar surface area (TPSA) is 126 Å². The van der Waals surface area contributed by atoms with E-state index in [2.05, 4.69) is 15.2 Å². The normalized spacial score (nSPS) is 24.4. The van der Waals surface area contributed by atoms with E-state index in [0.29, 0.717) is 49.4 Å². The minimum absolute atomic E-state index is 0.00955. The summed E-state index contributed by atoms with van der Waals surface area (Å²) in [4.78, 5) is 13.1. The first-order valence-corrected chi connectivity index (χ1v) is 16.3. The molecule has 7 rings (SSSR count). The third kappa shape index (κ3) is 4.93. The van der Waals surface area contributed by atoms with E-state index in [1.165, 1.54) is 6.07 Å². The van der Waals surface area contributed by atoms with Gasteiger partial charge in [0.25, 0.3) is 5.91 Å². The first kappa shape index (κ1) is 29.1. The van der Waals surface area contributed by atoms with E-state index in [1.54, 1.807) is 10.6 Å². The summed E-state index contributed by atoms with van der Waals surface area (Å²) in [7, 11) is -4.18. The number of halogens is 3. The Hall–Kier alpha value is -3.58. The Bertz CT molecular complexity index is 1860. The molecule has 0 radical (unpaired) electrons. The van der Waals surface area contributed by atoms with Gasteiger partial charge in [0.05, 0.1) is 5.02 Å². The van der Waals surface area contributed by atoms with Gasteiger partial charge in [-0.25, -0.2) is 21.9 Å². The number of rotatable bonds is 7. The van der Waals surface area contributed by atoms with Crippen LogP contribution in [0.1, 0.15) is 54.0 Å². The second-order valence-corrected chi connectivity index (χ2v) is 13.9. The highest BCUT2D eigenvalue weighted by Gasteiger charge is 2.52. The molecule has 44 heavy (non-hydrogen) atoms. The summed E-state index contributed by atoms with van der Waals surface area (Å²) in [6.45, 7) is 0.384. The fraction of sp³-hybridized carbons (Fsp3) is 0.355. The molecule has 3 aliphatic rings. The van der Waals surface area contributed by atoms with E-state index in [4.69, 9.17) is 16.1 Å². The zero-order valence-electron chi connectivity index (χ0n) is 23.4. The lowest BCUT2D eigenvalue weighted by Gasteiger charge is -2.40. The molecule has 2 aromatic carbocycles. The molecule has 2 bridgehead atoms. The third-order valence-corrected chi connectivity index (χ3v) is 11.2. The molecule has 2 fully saturated rings. The zero-order valence-corrected chi connectivity index (χ0v) is 25.0. The number of carbonyl (C=O) groups excluding carboxylic acids is 1. The molecule has 0 spiro atoms. The lowest BCUT2D eigenvalue weighted by Crippen LogP contribution is -2.49. The molecule has 13 heteroatoms. The first-order valence-electron chi connectivity index (χ1n) is 14.5. The van der Waals surface area contributed by atoms with Gasteiger partial charge in [0, 0.05) is 41.7 Å². The van der Waals surface area contributed by atoms with Crippen LogP contribution in [0.2, 0.25) is 5.02 Å². The SMILES string of the molecule is O=C(Nc1ccc(F)c(F)c1)c1c(Cl)c(S(=O)(=O)NC2C3CCC2CC(O)(c2cc(-c4ccccc4)on2)C3)c2n1CCC2. The molecular formula is C31H29ClF2N4O5S. The van der Waals surface area contributed by atoms with Crippen molar-refractivity contribution in [3.05, 3.63) is 88.3 Å². The monoisotopic (exact) mass is 642 g/mol. The average Bonchev–Trinajstić information content (AvgIpc) is 3.76. The van der Waals surface area contributed by atoms with Crippen molar-refractivity contribution in [3.63, 3.8) is 0 Å². The Labute approximate surface area is 257 Å².